The molecule has 1 unspecified atom stereocenters. The number of piperazine rings is 1. The largest absolute Gasteiger partial charge is 0.395 e. The number of aryl methyl sites for hydroxylation is 1. The minimum Gasteiger partial charge on any atom is -0.395 e. The summed E-state index contributed by atoms with van der Waals surface area (Å²) in [7, 11) is 1.66. The molecule has 3 heterocycles. The zero-order chi connectivity index (χ0) is 26.1. The molecule has 1 fully saturated rings. The van der Waals surface area contributed by atoms with Crippen LogP contribution in [0.3, 0.4) is 0 Å². The zero-order valence-corrected chi connectivity index (χ0v) is 20.2. The normalized spacial score (nSPS) is 16.3. The number of hydrogen-bond donors (Lipinski definition) is 1. The molecule has 1 aliphatic rings. The van der Waals surface area contributed by atoms with Crippen molar-refractivity contribution in [1.29, 1.82) is 5.26 Å². The third kappa shape index (κ3) is 4.69. The highest BCUT2D eigenvalue weighted by molar-refractivity contribution is 5.88. The molecule has 9 heteroatoms. The number of rotatable bonds is 5. The van der Waals surface area contributed by atoms with Crippen LogP contribution in [0.4, 0.5) is 14.5 Å². The van der Waals surface area contributed by atoms with Gasteiger partial charge < -0.3 is 14.6 Å². The lowest BCUT2D eigenvalue weighted by Gasteiger charge is -2.45. The molecule has 0 bridgehead atoms. The molecule has 2 aromatic heterocycles. The molecule has 1 N–H and O–H groups in total. The first kappa shape index (κ1) is 24.6. The molecule has 4 aromatic rings. The van der Waals surface area contributed by atoms with Gasteiger partial charge in [0.1, 0.15) is 28.9 Å². The van der Waals surface area contributed by atoms with E-state index in [-0.39, 0.29) is 41.6 Å². The molecule has 0 aliphatic carbocycles. The quantitative estimate of drug-likeness (QED) is 0.452. The first-order valence-corrected chi connectivity index (χ1v) is 11.9. The fraction of sp³-hybridized carbons (Fsp3) is 0.250. The van der Waals surface area contributed by atoms with Crippen LogP contribution in [0.5, 0.6) is 0 Å². The van der Waals surface area contributed by atoms with E-state index in [0.29, 0.717) is 36.4 Å². The molecule has 2 aromatic carbocycles. The number of fused-ring (bicyclic) bond motifs is 1. The lowest BCUT2D eigenvalue weighted by Crippen LogP contribution is -2.56. The smallest absolute Gasteiger partial charge is 0.252 e. The number of halogens is 2. The van der Waals surface area contributed by atoms with E-state index in [1.807, 2.05) is 4.90 Å². The maximum absolute atomic E-state index is 13.7. The number of nitriles is 1. The molecule has 7 nitrogen and oxygen atoms in total. The Kier molecular flexibility index (Phi) is 6.70. The summed E-state index contributed by atoms with van der Waals surface area (Å²) in [5.74, 6) is -0.709. The predicted octanol–water partition coefficient (Wildman–Crippen LogP) is 3.36. The average Bonchev–Trinajstić information content (AvgIpc) is 2.92. The zero-order valence-electron chi connectivity index (χ0n) is 20.2. The van der Waals surface area contributed by atoms with E-state index in [0.717, 1.165) is 11.1 Å². The van der Waals surface area contributed by atoms with Gasteiger partial charge in [0.15, 0.2) is 0 Å². The van der Waals surface area contributed by atoms with Gasteiger partial charge in [0.05, 0.1) is 29.9 Å². The number of aliphatic hydroxyl groups excluding tert-OH is 1. The summed E-state index contributed by atoms with van der Waals surface area (Å²) in [6.45, 7) is 1.22. The monoisotopic (exact) mass is 501 g/mol. The number of hydrogen-bond acceptors (Lipinski definition) is 6. The van der Waals surface area contributed by atoms with Gasteiger partial charge in [-0.25, -0.2) is 13.8 Å². The molecule has 1 aliphatic heterocycles. The van der Waals surface area contributed by atoms with Crippen molar-refractivity contribution < 1.29 is 13.9 Å². The first-order valence-electron chi connectivity index (χ1n) is 11.9. The molecular weight excluding hydrogens is 476 g/mol. The van der Waals surface area contributed by atoms with Gasteiger partial charge in [-0.1, -0.05) is 24.3 Å². The third-order valence-corrected chi connectivity index (χ3v) is 6.97. The minimum absolute atomic E-state index is 0.172. The summed E-state index contributed by atoms with van der Waals surface area (Å²) < 4.78 is 28.9. The Labute approximate surface area is 212 Å². The number of benzene rings is 2. The lowest BCUT2D eigenvalue weighted by molar-refractivity contribution is 0.0858. The summed E-state index contributed by atoms with van der Waals surface area (Å²) in [4.78, 5) is 21.3. The summed E-state index contributed by atoms with van der Waals surface area (Å²) >= 11 is 0. The van der Waals surface area contributed by atoms with Crippen LogP contribution in [0.15, 0.2) is 71.5 Å². The van der Waals surface area contributed by atoms with E-state index in [1.165, 1.54) is 34.9 Å². The Hall–Kier alpha value is -4.13. The number of aliphatic hydroxyl groups is 1. The number of nitrogens with zero attached hydrogens (tertiary/aromatic N) is 5. The van der Waals surface area contributed by atoms with Gasteiger partial charge in [-0.05, 0) is 47.5 Å². The molecule has 5 rings (SSSR count). The van der Waals surface area contributed by atoms with Gasteiger partial charge in [-0.15, -0.1) is 0 Å². The molecule has 0 radical (unpaired) electrons. The lowest BCUT2D eigenvalue weighted by atomic mass is 9.94. The van der Waals surface area contributed by atoms with Crippen molar-refractivity contribution in [3.63, 3.8) is 0 Å². The Morgan fingerprint density at radius 2 is 1.65 bits per heavy atom. The van der Waals surface area contributed by atoms with Gasteiger partial charge in [-0.3, -0.25) is 9.69 Å². The maximum atomic E-state index is 13.7. The second-order valence-corrected chi connectivity index (χ2v) is 9.13. The highest BCUT2D eigenvalue weighted by Gasteiger charge is 2.34. The summed E-state index contributed by atoms with van der Waals surface area (Å²) in [6.07, 6.45) is 0. The second-order valence-electron chi connectivity index (χ2n) is 9.13. The van der Waals surface area contributed by atoms with Crippen LogP contribution in [0.2, 0.25) is 0 Å². The van der Waals surface area contributed by atoms with Gasteiger partial charge in [0.25, 0.3) is 5.56 Å². The van der Waals surface area contributed by atoms with Crippen molar-refractivity contribution in [2.75, 3.05) is 31.1 Å². The average molecular weight is 502 g/mol. The van der Waals surface area contributed by atoms with Crippen LogP contribution in [0, 0.1) is 23.0 Å². The van der Waals surface area contributed by atoms with Crippen molar-refractivity contribution >= 4 is 16.7 Å². The fourth-order valence-electron chi connectivity index (χ4n) is 5.07. The van der Waals surface area contributed by atoms with Crippen molar-refractivity contribution in [2.24, 2.45) is 7.05 Å². The van der Waals surface area contributed by atoms with Crippen LogP contribution in [-0.4, -0.2) is 51.8 Å². The maximum Gasteiger partial charge on any atom is 0.252 e. The van der Waals surface area contributed by atoms with Crippen molar-refractivity contribution in [1.82, 2.24) is 14.5 Å². The van der Waals surface area contributed by atoms with E-state index in [1.54, 1.807) is 43.4 Å². The van der Waals surface area contributed by atoms with E-state index in [9.17, 15) is 23.9 Å². The number of pyridine rings is 2. The van der Waals surface area contributed by atoms with Crippen LogP contribution in [-0.2, 0) is 7.05 Å². The van der Waals surface area contributed by atoms with E-state index < -0.39 is 0 Å². The molecule has 1 saturated heterocycles. The van der Waals surface area contributed by atoms with Crippen LogP contribution in [0.1, 0.15) is 22.9 Å². The Balaban J connectivity index is 1.54. The molecular formula is C28H25F2N5O2. The molecule has 37 heavy (non-hydrogen) atoms. The summed E-state index contributed by atoms with van der Waals surface area (Å²) in [5.41, 5.74) is 3.44. The van der Waals surface area contributed by atoms with Gasteiger partial charge in [0, 0.05) is 32.7 Å². The Morgan fingerprint density at radius 1 is 1.03 bits per heavy atom. The van der Waals surface area contributed by atoms with Crippen LogP contribution >= 0.6 is 0 Å². The third-order valence-electron chi connectivity index (χ3n) is 6.97. The van der Waals surface area contributed by atoms with Gasteiger partial charge in [0.2, 0.25) is 0 Å². The van der Waals surface area contributed by atoms with E-state index in [4.69, 9.17) is 0 Å². The van der Waals surface area contributed by atoms with E-state index in [2.05, 4.69) is 16.0 Å². The highest BCUT2D eigenvalue weighted by Crippen LogP contribution is 2.34. The highest BCUT2D eigenvalue weighted by atomic mass is 19.1. The van der Waals surface area contributed by atoms with Gasteiger partial charge >= 0.3 is 0 Å². The van der Waals surface area contributed by atoms with Crippen molar-refractivity contribution in [3.8, 4) is 6.07 Å². The summed E-state index contributed by atoms with van der Waals surface area (Å²) in [5, 5.41) is 19.8. The van der Waals surface area contributed by atoms with Crippen molar-refractivity contribution in [2.45, 2.75) is 12.1 Å². The molecule has 0 saturated carbocycles. The predicted molar refractivity (Wildman–Crippen MR) is 136 cm³/mol. The Morgan fingerprint density at radius 3 is 2.22 bits per heavy atom. The number of aromatic nitrogens is 2. The number of anilines is 1. The van der Waals surface area contributed by atoms with Crippen LogP contribution in [0.25, 0.3) is 11.0 Å². The molecule has 0 amide bonds. The molecule has 1 atom stereocenters. The first-order chi connectivity index (χ1) is 17.9. The fourth-order valence-corrected chi connectivity index (χ4v) is 5.07. The molecule has 0 spiro atoms. The topological polar surface area (TPSA) is 85.4 Å². The van der Waals surface area contributed by atoms with Crippen LogP contribution < -0.4 is 10.5 Å². The molecule has 188 valence electrons. The standard InChI is InChI=1S/C28H25F2N5O2/c1-33-24-11-10-22(15-31)32-27(24)25(14-26(33)37)34-12-13-35(23(16-34)17-36)28(18-2-6-20(29)7-3-18)19-4-8-21(30)9-5-19/h2-11,14,23,28,36H,12-13,16-17H2,1H3. The SMILES string of the molecule is Cn1c(=O)cc(N2CCN(C(c3ccc(F)cc3)c3ccc(F)cc3)C(CO)C2)c2nc(C#N)ccc21. The minimum atomic E-state index is -0.355. The van der Waals surface area contributed by atoms with Crippen molar-refractivity contribution in [3.05, 3.63) is 106 Å². The van der Waals surface area contributed by atoms with E-state index >= 15 is 0 Å². The second kappa shape index (κ2) is 10.1. The van der Waals surface area contributed by atoms with Gasteiger partial charge in [-0.2, -0.15) is 5.26 Å². The Bertz CT molecular complexity index is 1480. The summed E-state index contributed by atoms with van der Waals surface area (Å²) in [6, 6.07) is 18.5.